The summed E-state index contributed by atoms with van der Waals surface area (Å²) >= 11 is 0. The van der Waals surface area contributed by atoms with Gasteiger partial charge >= 0.3 is 0 Å². The molecule has 1 amide bonds. The lowest BCUT2D eigenvalue weighted by atomic mass is 9.99. The SMILES string of the molecule is CN(CC(=O)NC(c1ccccc1)c1ccccc1)CC(O)c1ccccc1. The summed E-state index contributed by atoms with van der Waals surface area (Å²) in [7, 11) is 1.84. The Labute approximate surface area is 166 Å². The summed E-state index contributed by atoms with van der Waals surface area (Å²) < 4.78 is 0. The number of nitrogens with zero attached hydrogens (tertiary/aromatic N) is 1. The minimum atomic E-state index is -0.627. The number of hydrogen-bond donors (Lipinski definition) is 2. The highest BCUT2D eigenvalue weighted by Crippen LogP contribution is 2.21. The fraction of sp³-hybridized carbons (Fsp3) is 0.208. The van der Waals surface area contributed by atoms with E-state index in [1.54, 1.807) is 0 Å². The highest BCUT2D eigenvalue weighted by atomic mass is 16.3. The van der Waals surface area contributed by atoms with E-state index in [-0.39, 0.29) is 18.5 Å². The van der Waals surface area contributed by atoms with Crippen molar-refractivity contribution in [2.75, 3.05) is 20.1 Å². The van der Waals surface area contributed by atoms with Crippen LogP contribution in [-0.4, -0.2) is 36.1 Å². The van der Waals surface area contributed by atoms with Crippen molar-refractivity contribution in [3.05, 3.63) is 108 Å². The molecule has 0 heterocycles. The smallest absolute Gasteiger partial charge is 0.234 e. The van der Waals surface area contributed by atoms with Crippen LogP contribution in [0, 0.1) is 0 Å². The van der Waals surface area contributed by atoms with E-state index < -0.39 is 6.10 Å². The molecule has 3 rings (SSSR count). The van der Waals surface area contributed by atoms with Crippen LogP contribution in [0.3, 0.4) is 0 Å². The predicted molar refractivity (Wildman–Crippen MR) is 112 cm³/mol. The van der Waals surface area contributed by atoms with E-state index in [4.69, 9.17) is 0 Å². The maximum atomic E-state index is 12.7. The number of aliphatic hydroxyl groups excluding tert-OH is 1. The molecule has 0 aliphatic rings. The molecular formula is C24H26N2O2. The van der Waals surface area contributed by atoms with E-state index in [1.807, 2.05) is 103 Å². The summed E-state index contributed by atoms with van der Waals surface area (Å²) in [6.45, 7) is 0.596. The van der Waals surface area contributed by atoms with Gasteiger partial charge in [-0.15, -0.1) is 0 Å². The lowest BCUT2D eigenvalue weighted by Gasteiger charge is -2.24. The van der Waals surface area contributed by atoms with Crippen molar-refractivity contribution in [2.24, 2.45) is 0 Å². The number of benzene rings is 3. The van der Waals surface area contributed by atoms with Crippen LogP contribution < -0.4 is 5.32 Å². The number of likely N-dealkylation sites (N-methyl/N-ethyl adjacent to an activating group) is 1. The fourth-order valence-electron chi connectivity index (χ4n) is 3.24. The number of rotatable bonds is 8. The quantitative estimate of drug-likeness (QED) is 0.634. The molecule has 0 radical (unpaired) electrons. The Morgan fingerprint density at radius 2 is 1.25 bits per heavy atom. The van der Waals surface area contributed by atoms with Gasteiger partial charge in [-0.2, -0.15) is 0 Å². The number of carbonyl (C=O) groups excluding carboxylic acids is 1. The normalized spacial score (nSPS) is 12.1. The van der Waals surface area contributed by atoms with Crippen LogP contribution in [0.1, 0.15) is 28.8 Å². The number of aliphatic hydroxyl groups is 1. The molecule has 0 spiro atoms. The Bertz CT molecular complexity index is 814. The molecule has 0 aliphatic heterocycles. The molecule has 0 saturated carbocycles. The average Bonchev–Trinajstić information content (AvgIpc) is 2.74. The summed E-state index contributed by atoms with van der Waals surface area (Å²) in [5.74, 6) is -0.0829. The van der Waals surface area contributed by atoms with Gasteiger partial charge in [0, 0.05) is 6.54 Å². The molecule has 2 N–H and O–H groups in total. The van der Waals surface area contributed by atoms with Crippen molar-refractivity contribution in [1.82, 2.24) is 10.2 Å². The van der Waals surface area contributed by atoms with Gasteiger partial charge in [-0.05, 0) is 23.7 Å². The zero-order valence-corrected chi connectivity index (χ0v) is 16.0. The van der Waals surface area contributed by atoms with E-state index in [0.29, 0.717) is 6.54 Å². The van der Waals surface area contributed by atoms with Crippen molar-refractivity contribution in [3.8, 4) is 0 Å². The summed E-state index contributed by atoms with van der Waals surface area (Å²) in [6, 6.07) is 29.2. The third-order valence-electron chi connectivity index (χ3n) is 4.65. The van der Waals surface area contributed by atoms with Gasteiger partial charge in [0.25, 0.3) is 0 Å². The molecule has 144 valence electrons. The van der Waals surface area contributed by atoms with Crippen LogP contribution in [0.2, 0.25) is 0 Å². The minimum absolute atomic E-state index is 0.0829. The maximum Gasteiger partial charge on any atom is 0.234 e. The first-order chi connectivity index (χ1) is 13.6. The van der Waals surface area contributed by atoms with E-state index in [9.17, 15) is 9.90 Å². The van der Waals surface area contributed by atoms with Gasteiger partial charge in [0.15, 0.2) is 0 Å². The fourth-order valence-corrected chi connectivity index (χ4v) is 3.24. The molecule has 0 bridgehead atoms. The standard InChI is InChI=1S/C24H26N2O2/c1-26(17-22(27)19-11-5-2-6-12-19)18-23(28)25-24(20-13-7-3-8-14-20)21-15-9-4-10-16-21/h2-16,22,24,27H,17-18H2,1H3,(H,25,28). The second kappa shape index (κ2) is 9.83. The Morgan fingerprint density at radius 3 is 1.71 bits per heavy atom. The second-order valence-electron chi connectivity index (χ2n) is 6.95. The van der Waals surface area contributed by atoms with Crippen LogP contribution in [0.4, 0.5) is 0 Å². The van der Waals surface area contributed by atoms with Gasteiger partial charge in [-0.3, -0.25) is 9.69 Å². The first kappa shape index (κ1) is 19.8. The second-order valence-corrected chi connectivity index (χ2v) is 6.95. The molecule has 0 aliphatic carbocycles. The molecular weight excluding hydrogens is 348 g/mol. The molecule has 4 nitrogen and oxygen atoms in total. The monoisotopic (exact) mass is 374 g/mol. The van der Waals surface area contributed by atoms with Gasteiger partial charge in [0.1, 0.15) is 0 Å². The molecule has 3 aromatic rings. The Morgan fingerprint density at radius 1 is 0.821 bits per heavy atom. The van der Waals surface area contributed by atoms with E-state index in [0.717, 1.165) is 16.7 Å². The van der Waals surface area contributed by atoms with E-state index in [1.165, 1.54) is 0 Å². The summed E-state index contributed by atoms with van der Waals surface area (Å²) in [6.07, 6.45) is -0.627. The van der Waals surface area contributed by atoms with Gasteiger partial charge in [0.05, 0.1) is 18.7 Å². The summed E-state index contributed by atoms with van der Waals surface area (Å²) in [4.78, 5) is 14.5. The van der Waals surface area contributed by atoms with Gasteiger partial charge < -0.3 is 10.4 Å². The van der Waals surface area contributed by atoms with Crippen LogP contribution in [0.25, 0.3) is 0 Å². The highest BCUT2D eigenvalue weighted by molar-refractivity contribution is 5.79. The zero-order chi connectivity index (χ0) is 19.8. The van der Waals surface area contributed by atoms with E-state index >= 15 is 0 Å². The van der Waals surface area contributed by atoms with Crippen molar-refractivity contribution in [1.29, 1.82) is 0 Å². The Hall–Kier alpha value is -2.95. The minimum Gasteiger partial charge on any atom is -0.387 e. The van der Waals surface area contributed by atoms with Crippen molar-refractivity contribution < 1.29 is 9.90 Å². The first-order valence-electron chi connectivity index (χ1n) is 9.44. The lowest BCUT2D eigenvalue weighted by molar-refractivity contribution is -0.122. The molecule has 0 saturated heterocycles. The molecule has 4 heteroatoms. The number of nitrogens with one attached hydrogen (secondary N) is 1. The topological polar surface area (TPSA) is 52.6 Å². The van der Waals surface area contributed by atoms with Crippen molar-refractivity contribution in [3.63, 3.8) is 0 Å². The summed E-state index contributed by atoms with van der Waals surface area (Å²) in [5.41, 5.74) is 2.92. The number of carbonyl (C=O) groups is 1. The molecule has 28 heavy (non-hydrogen) atoms. The van der Waals surface area contributed by atoms with Gasteiger partial charge in [-0.25, -0.2) is 0 Å². The molecule has 1 atom stereocenters. The lowest BCUT2D eigenvalue weighted by Crippen LogP contribution is -2.39. The molecule has 3 aromatic carbocycles. The highest BCUT2D eigenvalue weighted by Gasteiger charge is 2.18. The maximum absolute atomic E-state index is 12.7. The molecule has 1 unspecified atom stereocenters. The van der Waals surface area contributed by atoms with Crippen LogP contribution in [0.15, 0.2) is 91.0 Å². The van der Waals surface area contributed by atoms with Gasteiger partial charge in [-0.1, -0.05) is 91.0 Å². The third-order valence-corrected chi connectivity index (χ3v) is 4.65. The Kier molecular flexibility index (Phi) is 6.95. The van der Waals surface area contributed by atoms with Crippen LogP contribution >= 0.6 is 0 Å². The largest absolute Gasteiger partial charge is 0.387 e. The average molecular weight is 374 g/mol. The van der Waals surface area contributed by atoms with Crippen molar-refractivity contribution >= 4 is 5.91 Å². The Balaban J connectivity index is 1.64. The zero-order valence-electron chi connectivity index (χ0n) is 16.0. The third kappa shape index (κ3) is 5.52. The van der Waals surface area contributed by atoms with Crippen LogP contribution in [-0.2, 0) is 4.79 Å². The van der Waals surface area contributed by atoms with Gasteiger partial charge in [0.2, 0.25) is 5.91 Å². The summed E-state index contributed by atoms with van der Waals surface area (Å²) in [5, 5.41) is 13.5. The first-order valence-corrected chi connectivity index (χ1v) is 9.44. The number of hydrogen-bond acceptors (Lipinski definition) is 3. The molecule has 0 fully saturated rings. The number of amides is 1. The van der Waals surface area contributed by atoms with E-state index in [2.05, 4.69) is 5.32 Å². The van der Waals surface area contributed by atoms with Crippen LogP contribution in [0.5, 0.6) is 0 Å². The van der Waals surface area contributed by atoms with Crippen molar-refractivity contribution in [2.45, 2.75) is 12.1 Å². The predicted octanol–water partition coefficient (Wildman–Crippen LogP) is 3.56. The molecule has 0 aromatic heterocycles.